The zero-order chi connectivity index (χ0) is 29.2. The van der Waals surface area contributed by atoms with Crippen molar-refractivity contribution in [2.75, 3.05) is 12.4 Å². The van der Waals surface area contributed by atoms with Crippen LogP contribution in [0.2, 0.25) is 0 Å². The lowest BCUT2D eigenvalue weighted by Crippen LogP contribution is -2.49. The Morgan fingerprint density at radius 2 is 1.60 bits per heavy atom. The van der Waals surface area contributed by atoms with Crippen LogP contribution in [0.25, 0.3) is 6.08 Å². The molecule has 1 spiro atoms. The van der Waals surface area contributed by atoms with Gasteiger partial charge < -0.3 is 15.0 Å². The molecular weight excluding hydrogens is 660 g/mol. The number of ketones is 2. The van der Waals surface area contributed by atoms with E-state index in [1.807, 2.05) is 65.7 Å². The van der Waals surface area contributed by atoms with Crippen molar-refractivity contribution in [3.05, 3.63) is 134 Å². The predicted octanol–water partition coefficient (Wildman–Crippen LogP) is 7.20. The number of Topliss-reactive ketones (excluding diaryl/α,β-unsaturated/α-hetero) is 2. The molecule has 8 heteroatoms. The van der Waals surface area contributed by atoms with Crippen molar-refractivity contribution < 1.29 is 19.1 Å². The van der Waals surface area contributed by atoms with Crippen molar-refractivity contribution in [2.24, 2.45) is 5.92 Å². The average molecular weight is 684 g/mol. The number of carbonyl (C=O) groups is 3. The van der Waals surface area contributed by atoms with Crippen molar-refractivity contribution in [3.8, 4) is 5.75 Å². The van der Waals surface area contributed by atoms with Crippen molar-refractivity contribution in [1.82, 2.24) is 4.90 Å². The number of benzene rings is 4. The van der Waals surface area contributed by atoms with Crippen LogP contribution < -0.4 is 10.1 Å². The quantitative estimate of drug-likeness (QED) is 0.225. The summed E-state index contributed by atoms with van der Waals surface area (Å²) in [5, 5.41) is 3.08. The third kappa shape index (κ3) is 3.78. The molecule has 1 amide bonds. The molecule has 7 rings (SSSR count). The summed E-state index contributed by atoms with van der Waals surface area (Å²) in [5.41, 5.74) is 2.70. The summed E-state index contributed by atoms with van der Waals surface area (Å²) in [6, 6.07) is 26.1. The maximum Gasteiger partial charge on any atom is 0.238 e. The van der Waals surface area contributed by atoms with E-state index in [-0.39, 0.29) is 17.5 Å². The molecule has 0 radical (unpaired) electrons. The average Bonchev–Trinajstić information content (AvgIpc) is 3.49. The van der Waals surface area contributed by atoms with Gasteiger partial charge in [0.2, 0.25) is 5.91 Å². The maximum atomic E-state index is 14.8. The summed E-state index contributed by atoms with van der Waals surface area (Å²) < 4.78 is 6.85. The van der Waals surface area contributed by atoms with Gasteiger partial charge in [-0.25, -0.2) is 0 Å². The fourth-order valence-corrected chi connectivity index (χ4v) is 7.76. The Bertz CT molecular complexity index is 1820. The number of amides is 1. The second kappa shape index (κ2) is 10.1. The lowest BCUT2D eigenvalue weighted by molar-refractivity contribution is -0.122. The number of hydrogen-bond acceptors (Lipinski definition) is 5. The van der Waals surface area contributed by atoms with E-state index in [0.29, 0.717) is 27.0 Å². The third-order valence-electron chi connectivity index (χ3n) is 8.69. The normalized spacial score (nSPS) is 23.3. The van der Waals surface area contributed by atoms with Gasteiger partial charge in [0.05, 0.1) is 23.5 Å². The SMILES string of the molecule is COc1ccc(C(=O)[C@H]2[C@@H](C(=O)c3ccc(Br)cc3)[C@]3(C(=O)Nc4ccccc43)[C@H]3c4ccccc4C=CN23)cc1Br. The number of methoxy groups -OCH3 is 1. The number of para-hydroxylation sites is 1. The highest BCUT2D eigenvalue weighted by molar-refractivity contribution is 9.10. The van der Waals surface area contributed by atoms with Crippen LogP contribution in [0.3, 0.4) is 0 Å². The first kappa shape index (κ1) is 26.9. The van der Waals surface area contributed by atoms with Gasteiger partial charge in [-0.3, -0.25) is 14.4 Å². The maximum absolute atomic E-state index is 14.8. The largest absolute Gasteiger partial charge is 0.496 e. The summed E-state index contributed by atoms with van der Waals surface area (Å²) in [7, 11) is 1.56. The number of nitrogens with zero attached hydrogens (tertiary/aromatic N) is 1. The molecule has 4 aromatic carbocycles. The lowest BCUT2D eigenvalue weighted by Gasteiger charge is -2.38. The van der Waals surface area contributed by atoms with Crippen LogP contribution in [0.4, 0.5) is 5.69 Å². The highest BCUT2D eigenvalue weighted by Crippen LogP contribution is 2.62. The molecule has 6 nitrogen and oxygen atoms in total. The van der Waals surface area contributed by atoms with E-state index in [2.05, 4.69) is 37.2 Å². The van der Waals surface area contributed by atoms with Gasteiger partial charge in [0.1, 0.15) is 17.2 Å². The monoisotopic (exact) mass is 682 g/mol. The highest BCUT2D eigenvalue weighted by atomic mass is 79.9. The summed E-state index contributed by atoms with van der Waals surface area (Å²) in [6.45, 7) is 0. The molecule has 1 saturated heterocycles. The minimum absolute atomic E-state index is 0.253. The number of rotatable bonds is 5. The van der Waals surface area contributed by atoms with Crippen LogP contribution >= 0.6 is 31.9 Å². The Morgan fingerprint density at radius 1 is 0.881 bits per heavy atom. The van der Waals surface area contributed by atoms with E-state index in [1.54, 1.807) is 49.6 Å². The minimum atomic E-state index is -1.37. The molecular formula is C34H24Br2N2O4. The molecule has 0 aliphatic carbocycles. The number of hydrogen-bond donors (Lipinski definition) is 1. The number of anilines is 1. The van der Waals surface area contributed by atoms with E-state index < -0.39 is 23.4 Å². The number of carbonyl (C=O) groups excluding carboxylic acids is 3. The van der Waals surface area contributed by atoms with Gasteiger partial charge in [-0.2, -0.15) is 0 Å². The van der Waals surface area contributed by atoms with Crippen LogP contribution in [0.5, 0.6) is 5.75 Å². The van der Waals surface area contributed by atoms with Crippen LogP contribution in [-0.4, -0.2) is 35.5 Å². The van der Waals surface area contributed by atoms with Crippen LogP contribution in [0.1, 0.15) is 43.4 Å². The molecule has 4 atom stereocenters. The van der Waals surface area contributed by atoms with Gasteiger partial charge in [-0.05, 0) is 75.1 Å². The summed E-state index contributed by atoms with van der Waals surface area (Å²) in [4.78, 5) is 46.0. The lowest BCUT2D eigenvalue weighted by atomic mass is 9.62. The molecule has 1 fully saturated rings. The Labute approximate surface area is 259 Å². The number of nitrogens with one attached hydrogen (secondary N) is 1. The predicted molar refractivity (Wildman–Crippen MR) is 168 cm³/mol. The second-order valence-electron chi connectivity index (χ2n) is 10.7. The molecule has 0 aromatic heterocycles. The summed E-state index contributed by atoms with van der Waals surface area (Å²) >= 11 is 6.97. The van der Waals surface area contributed by atoms with E-state index in [9.17, 15) is 14.4 Å². The summed E-state index contributed by atoms with van der Waals surface area (Å²) in [5.74, 6) is -1.25. The van der Waals surface area contributed by atoms with E-state index >= 15 is 0 Å². The van der Waals surface area contributed by atoms with Crippen LogP contribution in [0.15, 0.2) is 106 Å². The zero-order valence-corrected chi connectivity index (χ0v) is 25.6. The van der Waals surface area contributed by atoms with Crippen LogP contribution in [-0.2, 0) is 10.2 Å². The highest BCUT2D eigenvalue weighted by Gasteiger charge is 2.70. The van der Waals surface area contributed by atoms with Crippen molar-refractivity contribution in [2.45, 2.75) is 17.5 Å². The van der Waals surface area contributed by atoms with Gasteiger partial charge in [-0.15, -0.1) is 0 Å². The molecule has 3 heterocycles. The third-order valence-corrected chi connectivity index (χ3v) is 9.83. The smallest absolute Gasteiger partial charge is 0.238 e. The number of fused-ring (bicyclic) bond motifs is 6. The van der Waals surface area contributed by atoms with Gasteiger partial charge in [-0.1, -0.05) is 70.5 Å². The fourth-order valence-electron chi connectivity index (χ4n) is 6.95. The second-order valence-corrected chi connectivity index (χ2v) is 12.4. The molecule has 208 valence electrons. The zero-order valence-electron chi connectivity index (χ0n) is 22.4. The van der Waals surface area contributed by atoms with E-state index in [0.717, 1.165) is 21.2 Å². The standard InChI is InChI=1S/C34H24Br2N2O4/c1-42-27-15-12-21(18-25(27)36)31(40)29-28(30(39)20-10-13-22(35)14-11-20)34(24-8-4-5-9-26(24)37-33(34)41)32-23-7-3-2-6-19(23)16-17-38(29)32/h2-18,28-29,32H,1H3,(H,37,41)/t28-,29+,32+,34-/m0/s1. The van der Waals surface area contributed by atoms with Gasteiger partial charge in [0.25, 0.3) is 0 Å². The van der Waals surface area contributed by atoms with Gasteiger partial charge in [0.15, 0.2) is 11.6 Å². The molecule has 4 aromatic rings. The topological polar surface area (TPSA) is 75.7 Å². The molecule has 3 aliphatic heterocycles. The van der Waals surface area contributed by atoms with Gasteiger partial charge in [0, 0.05) is 27.5 Å². The number of ether oxygens (including phenoxy) is 1. The Kier molecular flexibility index (Phi) is 6.44. The Balaban J connectivity index is 1.52. The molecule has 0 saturated carbocycles. The van der Waals surface area contributed by atoms with E-state index in [1.165, 1.54) is 0 Å². The van der Waals surface area contributed by atoms with Crippen LogP contribution in [0, 0.1) is 5.92 Å². The van der Waals surface area contributed by atoms with Crippen molar-refractivity contribution in [3.63, 3.8) is 0 Å². The van der Waals surface area contributed by atoms with E-state index in [4.69, 9.17) is 4.74 Å². The molecule has 0 bridgehead atoms. The first-order valence-corrected chi connectivity index (χ1v) is 15.1. The molecule has 42 heavy (non-hydrogen) atoms. The molecule has 1 N–H and O–H groups in total. The Hall–Kier alpha value is -4.01. The number of halogens is 2. The molecule has 3 aliphatic rings. The van der Waals surface area contributed by atoms with Crippen molar-refractivity contribution >= 4 is 61.1 Å². The minimum Gasteiger partial charge on any atom is -0.496 e. The molecule has 0 unspecified atom stereocenters. The van der Waals surface area contributed by atoms with Crippen molar-refractivity contribution in [1.29, 1.82) is 0 Å². The fraction of sp³-hybridized carbons (Fsp3) is 0.147. The summed E-state index contributed by atoms with van der Waals surface area (Å²) in [6.07, 6.45) is 3.83. The van der Waals surface area contributed by atoms with Gasteiger partial charge >= 0.3 is 0 Å². The Morgan fingerprint density at radius 3 is 2.36 bits per heavy atom. The first-order chi connectivity index (χ1) is 20.4. The first-order valence-electron chi connectivity index (χ1n) is 13.5.